The van der Waals surface area contributed by atoms with Gasteiger partial charge in [0.05, 0.1) is 12.2 Å². The predicted molar refractivity (Wildman–Crippen MR) is 79.0 cm³/mol. The van der Waals surface area contributed by atoms with Crippen molar-refractivity contribution in [3.8, 4) is 0 Å². The highest BCUT2D eigenvalue weighted by Gasteiger charge is 2.17. The number of amides is 1. The predicted octanol–water partition coefficient (Wildman–Crippen LogP) is 1.47. The van der Waals surface area contributed by atoms with Crippen LogP contribution in [-0.2, 0) is 11.3 Å². The van der Waals surface area contributed by atoms with E-state index in [0.717, 1.165) is 16.9 Å². The molecule has 0 fully saturated rings. The highest BCUT2D eigenvalue weighted by Crippen LogP contribution is 2.18. The van der Waals surface area contributed by atoms with E-state index in [0.29, 0.717) is 10.7 Å². The molecule has 0 bridgehead atoms. The molecule has 4 N–H and O–H groups in total. The zero-order valence-electron chi connectivity index (χ0n) is 11.4. The standard InChI is InChI=1S/C14H15N3O3S/c1-8-12(14(19)20)21-10(17-8)7-16-13(18)11(15)9-5-3-2-4-6-9/h2-6,11H,7,15H2,1H3,(H,16,18)(H,19,20). The molecule has 1 unspecified atom stereocenters. The van der Waals surface area contributed by atoms with Gasteiger partial charge in [0.25, 0.3) is 0 Å². The molecule has 1 atom stereocenters. The fourth-order valence-electron chi connectivity index (χ4n) is 1.81. The number of carbonyl (C=O) groups is 2. The number of thiazole rings is 1. The topological polar surface area (TPSA) is 105 Å². The van der Waals surface area contributed by atoms with Gasteiger partial charge in [0.1, 0.15) is 15.9 Å². The molecule has 0 saturated heterocycles. The Balaban J connectivity index is 1.98. The fourth-order valence-corrected chi connectivity index (χ4v) is 2.65. The van der Waals surface area contributed by atoms with Crippen molar-refractivity contribution in [1.29, 1.82) is 0 Å². The van der Waals surface area contributed by atoms with E-state index in [1.54, 1.807) is 19.1 Å². The highest BCUT2D eigenvalue weighted by molar-refractivity contribution is 7.13. The number of carboxylic acids is 1. The normalized spacial score (nSPS) is 11.9. The van der Waals surface area contributed by atoms with Crippen molar-refractivity contribution in [3.05, 3.63) is 51.5 Å². The van der Waals surface area contributed by atoms with Gasteiger partial charge in [0.15, 0.2) is 0 Å². The maximum atomic E-state index is 12.0. The van der Waals surface area contributed by atoms with Gasteiger partial charge in [-0.2, -0.15) is 0 Å². The van der Waals surface area contributed by atoms with Crippen molar-refractivity contribution < 1.29 is 14.7 Å². The number of nitrogens with two attached hydrogens (primary N) is 1. The number of aromatic carboxylic acids is 1. The van der Waals surface area contributed by atoms with Gasteiger partial charge in [-0.05, 0) is 12.5 Å². The Labute approximate surface area is 125 Å². The second-order valence-electron chi connectivity index (χ2n) is 4.43. The number of aryl methyl sites for hydroxylation is 1. The van der Waals surface area contributed by atoms with Crippen molar-refractivity contribution in [1.82, 2.24) is 10.3 Å². The van der Waals surface area contributed by atoms with Crippen molar-refractivity contribution in [2.75, 3.05) is 0 Å². The Morgan fingerprint density at radius 1 is 1.38 bits per heavy atom. The first-order valence-electron chi connectivity index (χ1n) is 6.27. The van der Waals surface area contributed by atoms with Crippen LogP contribution in [0.3, 0.4) is 0 Å². The summed E-state index contributed by atoms with van der Waals surface area (Å²) in [5, 5.41) is 12.2. The van der Waals surface area contributed by atoms with Crippen LogP contribution >= 0.6 is 11.3 Å². The summed E-state index contributed by atoms with van der Waals surface area (Å²) >= 11 is 1.05. The van der Waals surface area contributed by atoms with Gasteiger partial charge in [-0.3, -0.25) is 4.79 Å². The van der Waals surface area contributed by atoms with Gasteiger partial charge in [-0.25, -0.2) is 9.78 Å². The first kappa shape index (κ1) is 15.1. The molecule has 1 aromatic carbocycles. The number of nitrogens with zero attached hydrogens (tertiary/aromatic N) is 1. The van der Waals surface area contributed by atoms with Gasteiger partial charge in [-0.1, -0.05) is 30.3 Å². The minimum absolute atomic E-state index is 0.165. The Kier molecular flexibility index (Phi) is 4.66. The monoisotopic (exact) mass is 305 g/mol. The zero-order valence-corrected chi connectivity index (χ0v) is 12.2. The van der Waals surface area contributed by atoms with Crippen molar-refractivity contribution in [3.63, 3.8) is 0 Å². The molecule has 1 amide bonds. The lowest BCUT2D eigenvalue weighted by atomic mass is 10.1. The Morgan fingerprint density at radius 2 is 2.05 bits per heavy atom. The largest absolute Gasteiger partial charge is 0.477 e. The highest BCUT2D eigenvalue weighted by atomic mass is 32.1. The Hall–Kier alpha value is -2.25. The van der Waals surface area contributed by atoms with E-state index in [1.807, 2.05) is 18.2 Å². The third-order valence-corrected chi connectivity index (χ3v) is 4.04. The minimum atomic E-state index is -1.01. The van der Waals surface area contributed by atoms with Crippen LogP contribution in [0, 0.1) is 6.92 Å². The summed E-state index contributed by atoms with van der Waals surface area (Å²) in [6, 6.07) is 8.27. The van der Waals surface area contributed by atoms with Crippen molar-refractivity contribution >= 4 is 23.2 Å². The Morgan fingerprint density at radius 3 is 2.62 bits per heavy atom. The fraction of sp³-hybridized carbons (Fsp3) is 0.214. The maximum Gasteiger partial charge on any atom is 0.347 e. The summed E-state index contributed by atoms with van der Waals surface area (Å²) in [5.41, 5.74) is 7.03. The van der Waals surface area contributed by atoms with Gasteiger partial charge in [-0.15, -0.1) is 11.3 Å². The first-order valence-corrected chi connectivity index (χ1v) is 7.08. The number of hydrogen-bond acceptors (Lipinski definition) is 5. The SMILES string of the molecule is Cc1nc(CNC(=O)C(N)c2ccccc2)sc1C(=O)O. The molecule has 2 aromatic rings. The van der Waals surface area contributed by atoms with Crippen LogP contribution in [-0.4, -0.2) is 22.0 Å². The molecule has 0 radical (unpaired) electrons. The average Bonchev–Trinajstić information content (AvgIpc) is 2.86. The van der Waals surface area contributed by atoms with Crippen molar-refractivity contribution in [2.24, 2.45) is 5.73 Å². The molecular formula is C14H15N3O3S. The van der Waals surface area contributed by atoms with Crippen LogP contribution in [0.5, 0.6) is 0 Å². The summed E-state index contributed by atoms with van der Waals surface area (Å²) in [6.07, 6.45) is 0. The molecular weight excluding hydrogens is 290 g/mol. The molecule has 110 valence electrons. The lowest BCUT2D eigenvalue weighted by Gasteiger charge is -2.11. The van der Waals surface area contributed by atoms with E-state index < -0.39 is 12.0 Å². The molecule has 21 heavy (non-hydrogen) atoms. The zero-order chi connectivity index (χ0) is 15.4. The quantitative estimate of drug-likeness (QED) is 0.775. The molecule has 6 nitrogen and oxygen atoms in total. The third-order valence-electron chi connectivity index (χ3n) is 2.89. The average molecular weight is 305 g/mol. The lowest BCUT2D eigenvalue weighted by molar-refractivity contribution is -0.122. The van der Waals surface area contributed by atoms with Gasteiger partial charge in [0.2, 0.25) is 5.91 Å². The smallest absolute Gasteiger partial charge is 0.347 e. The third kappa shape index (κ3) is 3.65. The number of carboxylic acid groups (broad SMARTS) is 1. The summed E-state index contributed by atoms with van der Waals surface area (Å²) in [5.74, 6) is -1.34. The van der Waals surface area contributed by atoms with Crippen molar-refractivity contribution in [2.45, 2.75) is 19.5 Å². The van der Waals surface area contributed by atoms with E-state index in [9.17, 15) is 9.59 Å². The number of aromatic nitrogens is 1. The second-order valence-corrected chi connectivity index (χ2v) is 5.52. The molecule has 0 aliphatic carbocycles. The van der Waals surface area contributed by atoms with E-state index in [4.69, 9.17) is 10.8 Å². The maximum absolute atomic E-state index is 12.0. The van der Waals surface area contributed by atoms with E-state index >= 15 is 0 Å². The molecule has 0 spiro atoms. The number of benzene rings is 1. The summed E-state index contributed by atoms with van der Waals surface area (Å²) < 4.78 is 0. The van der Waals surface area contributed by atoms with E-state index in [2.05, 4.69) is 10.3 Å². The second kappa shape index (κ2) is 6.47. The van der Waals surface area contributed by atoms with E-state index in [1.165, 1.54) is 0 Å². The summed E-state index contributed by atoms with van der Waals surface area (Å²) in [6.45, 7) is 1.79. The van der Waals surface area contributed by atoms with Crippen LogP contribution in [0.15, 0.2) is 30.3 Å². The lowest BCUT2D eigenvalue weighted by Crippen LogP contribution is -2.33. The van der Waals surface area contributed by atoms with Crippen LogP contribution in [0.1, 0.15) is 32.0 Å². The minimum Gasteiger partial charge on any atom is -0.477 e. The molecule has 0 saturated carbocycles. The number of rotatable bonds is 5. The summed E-state index contributed by atoms with van der Waals surface area (Å²) in [7, 11) is 0. The van der Waals surface area contributed by atoms with E-state index in [-0.39, 0.29) is 17.3 Å². The number of nitrogens with one attached hydrogen (secondary N) is 1. The first-order chi connectivity index (χ1) is 9.99. The van der Waals surface area contributed by atoms with Crippen LogP contribution in [0.2, 0.25) is 0 Å². The van der Waals surface area contributed by atoms with Gasteiger partial charge >= 0.3 is 5.97 Å². The van der Waals surface area contributed by atoms with Crippen LogP contribution in [0.25, 0.3) is 0 Å². The van der Waals surface area contributed by atoms with Crippen LogP contribution in [0.4, 0.5) is 0 Å². The molecule has 1 heterocycles. The number of hydrogen-bond donors (Lipinski definition) is 3. The molecule has 1 aromatic heterocycles. The molecule has 2 rings (SSSR count). The van der Waals surface area contributed by atoms with Gasteiger partial charge in [0, 0.05) is 0 Å². The van der Waals surface area contributed by atoms with Crippen LogP contribution < -0.4 is 11.1 Å². The van der Waals surface area contributed by atoms with Gasteiger partial charge < -0.3 is 16.2 Å². The molecule has 0 aliphatic rings. The Bertz CT molecular complexity index is 655. The number of carbonyl (C=O) groups excluding carboxylic acids is 1. The molecule has 7 heteroatoms. The summed E-state index contributed by atoms with van der Waals surface area (Å²) in [4.78, 5) is 27.2. The molecule has 0 aliphatic heterocycles.